The predicted molar refractivity (Wildman–Crippen MR) is 104 cm³/mol. The van der Waals surface area contributed by atoms with Crippen LogP contribution in [-0.4, -0.2) is 32.7 Å². The number of rotatable bonds is 4. The standard InChI is InChI=1S/C21H29N3O3/c1-12-13(2)19-17(14(3)18(12)25)7-8-21(6,27-19)20(26)22-9-10-24-11-23-15(4)16(24)5/h11,25H,7-10H2,1-6H3,(H,22,26)/t21-/m1/s1. The molecule has 2 heterocycles. The molecule has 3 rings (SSSR count). The molecule has 27 heavy (non-hydrogen) atoms. The Bertz CT molecular complexity index is 901. The minimum Gasteiger partial charge on any atom is -0.507 e. The molecule has 0 fully saturated rings. The predicted octanol–water partition coefficient (Wildman–Crippen LogP) is 3.03. The average Bonchev–Trinajstić information content (AvgIpc) is 2.96. The van der Waals surface area contributed by atoms with Gasteiger partial charge in [-0.05, 0) is 64.7 Å². The highest BCUT2D eigenvalue weighted by Crippen LogP contribution is 2.43. The van der Waals surface area contributed by atoms with Gasteiger partial charge < -0.3 is 19.7 Å². The van der Waals surface area contributed by atoms with Gasteiger partial charge in [-0.1, -0.05) is 0 Å². The van der Waals surface area contributed by atoms with E-state index in [1.54, 1.807) is 6.33 Å². The van der Waals surface area contributed by atoms with E-state index in [-0.39, 0.29) is 5.91 Å². The van der Waals surface area contributed by atoms with E-state index in [4.69, 9.17) is 4.74 Å². The van der Waals surface area contributed by atoms with Crippen LogP contribution in [0.5, 0.6) is 11.5 Å². The van der Waals surface area contributed by atoms with Gasteiger partial charge in [-0.3, -0.25) is 4.79 Å². The molecule has 1 aliphatic rings. The number of ether oxygens (including phenoxy) is 1. The zero-order valence-electron chi connectivity index (χ0n) is 17.1. The topological polar surface area (TPSA) is 76.4 Å². The van der Waals surface area contributed by atoms with Crippen molar-refractivity contribution in [3.05, 3.63) is 40.0 Å². The molecule has 1 aromatic heterocycles. The number of phenolic OH excluding ortho intramolecular Hbond substituents is 1. The number of nitrogens with one attached hydrogen (secondary N) is 1. The Morgan fingerprint density at radius 1 is 1.26 bits per heavy atom. The highest BCUT2D eigenvalue weighted by atomic mass is 16.5. The molecule has 0 unspecified atom stereocenters. The lowest BCUT2D eigenvalue weighted by Crippen LogP contribution is -2.51. The molecule has 0 aliphatic carbocycles. The van der Waals surface area contributed by atoms with Crippen molar-refractivity contribution in [1.29, 1.82) is 0 Å². The van der Waals surface area contributed by atoms with Crippen molar-refractivity contribution in [3.63, 3.8) is 0 Å². The van der Waals surface area contributed by atoms with Crippen molar-refractivity contribution in [2.45, 2.75) is 66.5 Å². The van der Waals surface area contributed by atoms with E-state index in [1.807, 2.05) is 46.1 Å². The molecule has 1 aromatic carbocycles. The van der Waals surface area contributed by atoms with Crippen LogP contribution in [0.4, 0.5) is 0 Å². The fourth-order valence-electron chi connectivity index (χ4n) is 3.65. The Hall–Kier alpha value is -2.50. The van der Waals surface area contributed by atoms with Gasteiger partial charge in [0.05, 0.1) is 12.0 Å². The summed E-state index contributed by atoms with van der Waals surface area (Å²) in [5.41, 5.74) is 4.77. The fraction of sp³-hybridized carbons (Fsp3) is 0.524. The van der Waals surface area contributed by atoms with E-state index in [0.29, 0.717) is 31.7 Å². The first-order valence-electron chi connectivity index (χ1n) is 9.43. The Labute approximate surface area is 160 Å². The first-order valence-corrected chi connectivity index (χ1v) is 9.43. The summed E-state index contributed by atoms with van der Waals surface area (Å²) in [7, 11) is 0. The van der Waals surface area contributed by atoms with Crippen molar-refractivity contribution >= 4 is 5.91 Å². The largest absolute Gasteiger partial charge is 0.507 e. The fourth-order valence-corrected chi connectivity index (χ4v) is 3.65. The second kappa shape index (κ2) is 6.91. The number of aromatic hydroxyl groups is 1. The molecule has 1 amide bonds. The van der Waals surface area contributed by atoms with E-state index in [0.717, 1.165) is 39.4 Å². The minimum absolute atomic E-state index is 0.106. The molecule has 2 N–H and O–H groups in total. The molecular weight excluding hydrogens is 342 g/mol. The SMILES string of the molecule is Cc1ncn(CCNC(=O)[C@@]2(C)CCc3c(C)c(O)c(C)c(C)c3O2)c1C. The van der Waals surface area contributed by atoms with Crippen LogP contribution < -0.4 is 10.1 Å². The highest BCUT2D eigenvalue weighted by molar-refractivity contribution is 5.85. The Morgan fingerprint density at radius 3 is 2.59 bits per heavy atom. The van der Waals surface area contributed by atoms with Crippen molar-refractivity contribution in [2.75, 3.05) is 6.54 Å². The Balaban J connectivity index is 1.72. The van der Waals surface area contributed by atoms with Gasteiger partial charge >= 0.3 is 0 Å². The van der Waals surface area contributed by atoms with Crippen LogP contribution in [0.1, 0.15) is 47.0 Å². The Kier molecular flexibility index (Phi) is 4.93. The molecule has 0 saturated carbocycles. The number of aromatic nitrogens is 2. The summed E-state index contributed by atoms with van der Waals surface area (Å²) in [6.07, 6.45) is 3.09. The number of phenols is 1. The number of carbonyl (C=O) groups excluding carboxylic acids is 1. The lowest BCUT2D eigenvalue weighted by Gasteiger charge is -2.36. The zero-order valence-corrected chi connectivity index (χ0v) is 17.1. The lowest BCUT2D eigenvalue weighted by atomic mass is 9.86. The molecular formula is C21H29N3O3. The third kappa shape index (κ3) is 3.29. The quantitative estimate of drug-likeness (QED) is 0.866. The van der Waals surface area contributed by atoms with Crippen LogP contribution in [0.3, 0.4) is 0 Å². The summed E-state index contributed by atoms with van der Waals surface area (Å²) in [5, 5.41) is 13.3. The number of hydrogen-bond acceptors (Lipinski definition) is 4. The van der Waals surface area contributed by atoms with Crippen LogP contribution >= 0.6 is 0 Å². The molecule has 6 nitrogen and oxygen atoms in total. The summed E-state index contributed by atoms with van der Waals surface area (Å²) in [6.45, 7) is 12.8. The van der Waals surface area contributed by atoms with E-state index in [9.17, 15) is 9.90 Å². The van der Waals surface area contributed by atoms with Gasteiger partial charge in [-0.2, -0.15) is 0 Å². The third-order valence-corrected chi connectivity index (χ3v) is 5.98. The molecule has 6 heteroatoms. The lowest BCUT2D eigenvalue weighted by molar-refractivity contribution is -0.136. The van der Waals surface area contributed by atoms with Crippen molar-refractivity contribution in [1.82, 2.24) is 14.9 Å². The number of imidazole rings is 1. The number of nitrogens with zero attached hydrogens (tertiary/aromatic N) is 2. The van der Waals surface area contributed by atoms with E-state index < -0.39 is 5.60 Å². The van der Waals surface area contributed by atoms with Gasteiger partial charge in [0.15, 0.2) is 5.60 Å². The van der Waals surface area contributed by atoms with Gasteiger partial charge in [0.1, 0.15) is 11.5 Å². The summed E-state index contributed by atoms with van der Waals surface area (Å²) in [6, 6.07) is 0. The second-order valence-electron chi connectivity index (χ2n) is 7.73. The van der Waals surface area contributed by atoms with Gasteiger partial charge in [-0.25, -0.2) is 4.98 Å². The summed E-state index contributed by atoms with van der Waals surface area (Å²) < 4.78 is 8.25. The van der Waals surface area contributed by atoms with E-state index in [1.165, 1.54) is 0 Å². The van der Waals surface area contributed by atoms with Crippen LogP contribution in [0.15, 0.2) is 6.33 Å². The number of aryl methyl sites for hydroxylation is 1. The van der Waals surface area contributed by atoms with E-state index in [2.05, 4.69) is 10.3 Å². The first kappa shape index (κ1) is 19.3. The molecule has 1 atom stereocenters. The average molecular weight is 371 g/mol. The van der Waals surface area contributed by atoms with Gasteiger partial charge in [0.25, 0.3) is 5.91 Å². The maximum Gasteiger partial charge on any atom is 0.263 e. The smallest absolute Gasteiger partial charge is 0.263 e. The zero-order chi connectivity index (χ0) is 19.9. The van der Waals surface area contributed by atoms with Crippen molar-refractivity contribution in [3.8, 4) is 11.5 Å². The van der Waals surface area contributed by atoms with Crippen LogP contribution in [0.25, 0.3) is 0 Å². The summed E-state index contributed by atoms with van der Waals surface area (Å²) in [4.78, 5) is 17.1. The molecule has 0 radical (unpaired) electrons. The van der Waals surface area contributed by atoms with Gasteiger partial charge in [-0.15, -0.1) is 0 Å². The summed E-state index contributed by atoms with van der Waals surface area (Å²) in [5.74, 6) is 0.965. The van der Waals surface area contributed by atoms with Crippen LogP contribution in [0.2, 0.25) is 0 Å². The first-order chi connectivity index (χ1) is 12.7. The van der Waals surface area contributed by atoms with Crippen LogP contribution in [-0.2, 0) is 17.8 Å². The van der Waals surface area contributed by atoms with Gasteiger partial charge in [0, 0.05) is 30.8 Å². The normalized spacial score (nSPS) is 18.7. The molecule has 0 spiro atoms. The molecule has 0 bridgehead atoms. The molecule has 0 saturated heterocycles. The van der Waals surface area contributed by atoms with Crippen molar-refractivity contribution < 1.29 is 14.6 Å². The summed E-state index contributed by atoms with van der Waals surface area (Å²) >= 11 is 0. The van der Waals surface area contributed by atoms with Crippen molar-refractivity contribution in [2.24, 2.45) is 0 Å². The second-order valence-corrected chi connectivity index (χ2v) is 7.73. The van der Waals surface area contributed by atoms with E-state index >= 15 is 0 Å². The minimum atomic E-state index is -0.909. The Morgan fingerprint density at radius 2 is 1.96 bits per heavy atom. The monoisotopic (exact) mass is 371 g/mol. The number of hydrogen-bond donors (Lipinski definition) is 2. The molecule has 146 valence electrons. The number of benzene rings is 1. The number of amides is 1. The van der Waals surface area contributed by atoms with Crippen LogP contribution in [0, 0.1) is 34.6 Å². The third-order valence-electron chi connectivity index (χ3n) is 5.98. The van der Waals surface area contributed by atoms with Gasteiger partial charge in [0.2, 0.25) is 0 Å². The number of fused-ring (bicyclic) bond motifs is 1. The maximum atomic E-state index is 12.8. The maximum absolute atomic E-state index is 12.8. The molecule has 2 aromatic rings. The number of carbonyl (C=O) groups is 1. The highest BCUT2D eigenvalue weighted by Gasteiger charge is 2.40. The molecule has 1 aliphatic heterocycles.